The molecule has 0 aliphatic rings. The predicted octanol–water partition coefficient (Wildman–Crippen LogP) is 3.89. The van der Waals surface area contributed by atoms with Crippen molar-refractivity contribution in [3.8, 4) is 17.2 Å². The van der Waals surface area contributed by atoms with Gasteiger partial charge in [-0.1, -0.05) is 15.9 Å². The second kappa shape index (κ2) is 8.12. The lowest BCUT2D eigenvalue weighted by atomic mass is 10.1. The molecule has 0 saturated carbocycles. The third-order valence-corrected chi connectivity index (χ3v) is 4.01. The Bertz CT molecular complexity index is 951. The first-order chi connectivity index (χ1) is 13.0. The van der Waals surface area contributed by atoms with Gasteiger partial charge in [0, 0.05) is 10.0 Å². The van der Waals surface area contributed by atoms with Gasteiger partial charge < -0.3 is 14.8 Å². The fourth-order valence-corrected chi connectivity index (χ4v) is 2.70. The van der Waals surface area contributed by atoms with Gasteiger partial charge in [-0.15, -0.1) is 0 Å². The second-order valence-corrected chi connectivity index (χ2v) is 6.12. The van der Waals surface area contributed by atoms with Crippen molar-refractivity contribution in [1.82, 2.24) is 14.8 Å². The topological polar surface area (TPSA) is 78.3 Å². The minimum Gasteiger partial charge on any atom is -0.493 e. The molecular formula is C17H13BrF2N4O3. The Balaban J connectivity index is 1.91. The van der Waals surface area contributed by atoms with Crippen LogP contribution in [0.2, 0.25) is 0 Å². The summed E-state index contributed by atoms with van der Waals surface area (Å²) in [4.78, 5) is 16.5. The zero-order chi connectivity index (χ0) is 19.4. The van der Waals surface area contributed by atoms with Crippen molar-refractivity contribution in [1.29, 1.82) is 0 Å². The highest BCUT2D eigenvalue weighted by molar-refractivity contribution is 9.10. The minimum atomic E-state index is -3.04. The number of ether oxygens (including phenoxy) is 2. The normalized spacial score (nSPS) is 10.7. The van der Waals surface area contributed by atoms with Crippen LogP contribution in [-0.2, 0) is 0 Å². The van der Waals surface area contributed by atoms with Crippen molar-refractivity contribution in [2.24, 2.45) is 0 Å². The summed E-state index contributed by atoms with van der Waals surface area (Å²) >= 11 is 3.35. The molecule has 7 nitrogen and oxygen atoms in total. The predicted molar refractivity (Wildman–Crippen MR) is 96.6 cm³/mol. The summed E-state index contributed by atoms with van der Waals surface area (Å²) < 4.78 is 36.7. The van der Waals surface area contributed by atoms with E-state index in [1.807, 2.05) is 0 Å². The summed E-state index contributed by atoms with van der Waals surface area (Å²) in [6.45, 7) is -3.04. The lowest BCUT2D eigenvalue weighted by molar-refractivity contribution is -0.0512. The maximum atomic E-state index is 12.6. The number of anilines is 1. The molecule has 1 amide bonds. The van der Waals surface area contributed by atoms with E-state index in [2.05, 4.69) is 36.1 Å². The molecule has 0 saturated heterocycles. The van der Waals surface area contributed by atoms with E-state index in [4.69, 9.17) is 4.74 Å². The number of benzene rings is 2. The third kappa shape index (κ3) is 4.40. The number of aromatic nitrogens is 3. The fourth-order valence-electron chi connectivity index (χ4n) is 2.34. The first kappa shape index (κ1) is 18.8. The van der Waals surface area contributed by atoms with Crippen LogP contribution in [0.5, 0.6) is 11.5 Å². The molecule has 27 heavy (non-hydrogen) atoms. The Morgan fingerprint density at radius 2 is 2.04 bits per heavy atom. The van der Waals surface area contributed by atoms with Crippen LogP contribution in [0.25, 0.3) is 5.69 Å². The number of hydrogen-bond donors (Lipinski definition) is 1. The lowest BCUT2D eigenvalue weighted by Gasteiger charge is -2.13. The van der Waals surface area contributed by atoms with Crippen LogP contribution < -0.4 is 14.8 Å². The van der Waals surface area contributed by atoms with Crippen LogP contribution in [0.3, 0.4) is 0 Å². The van der Waals surface area contributed by atoms with Crippen molar-refractivity contribution < 1.29 is 23.0 Å². The molecule has 0 radical (unpaired) electrons. The SMILES string of the molecule is COc1ccc(C(=O)Nc2cc(Br)ccc2-n2cncn2)cc1OC(F)F. The average Bonchev–Trinajstić information content (AvgIpc) is 3.15. The van der Waals surface area contributed by atoms with E-state index < -0.39 is 12.5 Å². The molecule has 140 valence electrons. The summed E-state index contributed by atoms with van der Waals surface area (Å²) in [5, 5.41) is 6.78. The number of nitrogens with one attached hydrogen (secondary N) is 1. The highest BCUT2D eigenvalue weighted by atomic mass is 79.9. The molecule has 1 N–H and O–H groups in total. The molecule has 10 heteroatoms. The van der Waals surface area contributed by atoms with E-state index in [1.165, 1.54) is 42.6 Å². The molecule has 1 aromatic heterocycles. The smallest absolute Gasteiger partial charge is 0.387 e. The zero-order valence-electron chi connectivity index (χ0n) is 13.9. The van der Waals surface area contributed by atoms with E-state index in [0.29, 0.717) is 11.4 Å². The van der Waals surface area contributed by atoms with Crippen LogP contribution in [0.15, 0.2) is 53.5 Å². The summed E-state index contributed by atoms with van der Waals surface area (Å²) in [6.07, 6.45) is 2.85. The Kier molecular flexibility index (Phi) is 5.65. The molecule has 1 heterocycles. The highest BCUT2D eigenvalue weighted by Gasteiger charge is 2.16. The number of hydrogen-bond acceptors (Lipinski definition) is 5. The van der Waals surface area contributed by atoms with Crippen molar-refractivity contribution >= 4 is 27.5 Å². The van der Waals surface area contributed by atoms with Gasteiger partial charge in [-0.05, 0) is 36.4 Å². The molecule has 3 rings (SSSR count). The van der Waals surface area contributed by atoms with Gasteiger partial charge in [0.25, 0.3) is 5.91 Å². The summed E-state index contributed by atoms with van der Waals surface area (Å²) in [5.74, 6) is -0.653. The Morgan fingerprint density at radius 3 is 2.70 bits per heavy atom. The van der Waals surface area contributed by atoms with Gasteiger partial charge in [0.05, 0.1) is 18.5 Å². The first-order valence-corrected chi connectivity index (χ1v) is 8.36. The molecule has 0 aliphatic heterocycles. The summed E-state index contributed by atoms with van der Waals surface area (Å²) in [7, 11) is 1.32. The Labute approximate surface area is 161 Å². The number of alkyl halides is 2. The van der Waals surface area contributed by atoms with Crippen molar-refractivity contribution in [3.05, 3.63) is 59.1 Å². The number of rotatable bonds is 6. The largest absolute Gasteiger partial charge is 0.493 e. The van der Waals surface area contributed by atoms with Crippen molar-refractivity contribution in [3.63, 3.8) is 0 Å². The van der Waals surface area contributed by atoms with Gasteiger partial charge in [-0.25, -0.2) is 9.67 Å². The molecule has 0 bridgehead atoms. The third-order valence-electron chi connectivity index (χ3n) is 3.51. The Morgan fingerprint density at radius 1 is 1.22 bits per heavy atom. The van der Waals surface area contributed by atoms with Crippen LogP contribution in [-0.4, -0.2) is 34.4 Å². The van der Waals surface area contributed by atoms with Gasteiger partial charge in [0.1, 0.15) is 12.7 Å². The van der Waals surface area contributed by atoms with Gasteiger partial charge in [-0.2, -0.15) is 13.9 Å². The van der Waals surface area contributed by atoms with Crippen LogP contribution in [0.1, 0.15) is 10.4 Å². The Hall–Kier alpha value is -3.01. The highest BCUT2D eigenvalue weighted by Crippen LogP contribution is 2.30. The monoisotopic (exact) mass is 438 g/mol. The fraction of sp³-hybridized carbons (Fsp3) is 0.118. The second-order valence-electron chi connectivity index (χ2n) is 5.20. The lowest BCUT2D eigenvalue weighted by Crippen LogP contribution is -2.15. The standard InChI is InChI=1S/C17H13BrF2N4O3/c1-26-14-5-2-10(6-15(14)27-17(19)20)16(25)23-12-7-11(18)3-4-13(12)24-9-21-8-22-24/h2-9,17H,1H3,(H,23,25). The number of carbonyl (C=O) groups is 1. The molecule has 0 aliphatic carbocycles. The molecule has 0 fully saturated rings. The number of halogens is 3. The molecule has 0 atom stereocenters. The van der Waals surface area contributed by atoms with Crippen molar-refractivity contribution in [2.45, 2.75) is 6.61 Å². The summed E-state index contributed by atoms with van der Waals surface area (Å²) in [5.41, 5.74) is 1.16. The number of carbonyl (C=O) groups excluding carboxylic acids is 1. The quantitative estimate of drug-likeness (QED) is 0.631. The van der Waals surface area contributed by atoms with E-state index in [9.17, 15) is 13.6 Å². The van der Waals surface area contributed by atoms with E-state index in [0.717, 1.165) is 4.47 Å². The molecule has 3 aromatic rings. The number of methoxy groups -OCH3 is 1. The van der Waals surface area contributed by atoms with Crippen LogP contribution >= 0.6 is 15.9 Å². The maximum Gasteiger partial charge on any atom is 0.387 e. The van der Waals surface area contributed by atoms with Gasteiger partial charge in [0.2, 0.25) is 0 Å². The molecule has 0 unspecified atom stereocenters. The van der Waals surface area contributed by atoms with Crippen LogP contribution in [0.4, 0.5) is 14.5 Å². The molecule has 0 spiro atoms. The van der Waals surface area contributed by atoms with E-state index >= 15 is 0 Å². The first-order valence-electron chi connectivity index (χ1n) is 7.56. The van der Waals surface area contributed by atoms with Crippen LogP contribution in [0, 0.1) is 0 Å². The van der Waals surface area contributed by atoms with Crippen molar-refractivity contribution in [2.75, 3.05) is 12.4 Å². The average molecular weight is 439 g/mol. The van der Waals surface area contributed by atoms with Gasteiger partial charge >= 0.3 is 6.61 Å². The molecular weight excluding hydrogens is 426 g/mol. The maximum absolute atomic E-state index is 12.6. The number of nitrogens with zero attached hydrogens (tertiary/aromatic N) is 3. The summed E-state index contributed by atoms with van der Waals surface area (Å²) in [6, 6.07) is 9.23. The minimum absolute atomic E-state index is 0.0950. The number of amides is 1. The zero-order valence-corrected chi connectivity index (χ0v) is 15.5. The van der Waals surface area contributed by atoms with E-state index in [1.54, 1.807) is 18.2 Å². The van der Waals surface area contributed by atoms with Gasteiger partial charge in [0.15, 0.2) is 11.5 Å². The van der Waals surface area contributed by atoms with Gasteiger partial charge in [-0.3, -0.25) is 4.79 Å². The molecule has 2 aromatic carbocycles. The van der Waals surface area contributed by atoms with E-state index in [-0.39, 0.29) is 17.1 Å².